The van der Waals surface area contributed by atoms with Crippen molar-refractivity contribution in [1.82, 2.24) is 24.4 Å². The third-order valence-corrected chi connectivity index (χ3v) is 5.50. The first kappa shape index (κ1) is 18.2. The van der Waals surface area contributed by atoms with Gasteiger partial charge in [0.25, 0.3) is 5.91 Å². The van der Waals surface area contributed by atoms with Gasteiger partial charge < -0.3 is 9.47 Å². The maximum absolute atomic E-state index is 13.1. The first-order valence-electron chi connectivity index (χ1n) is 9.97. The minimum Gasteiger partial charge on any atom is -0.332 e. The summed E-state index contributed by atoms with van der Waals surface area (Å²) in [5.41, 5.74) is 3.95. The second-order valence-corrected chi connectivity index (χ2v) is 7.43. The van der Waals surface area contributed by atoms with Crippen LogP contribution in [0.2, 0.25) is 0 Å². The summed E-state index contributed by atoms with van der Waals surface area (Å²) in [4.78, 5) is 28.2. The van der Waals surface area contributed by atoms with Gasteiger partial charge in [-0.05, 0) is 34.9 Å². The van der Waals surface area contributed by atoms with Crippen molar-refractivity contribution < 1.29 is 4.79 Å². The van der Waals surface area contributed by atoms with Crippen LogP contribution in [0.1, 0.15) is 38.9 Å². The molecule has 0 radical (unpaired) electrons. The fourth-order valence-corrected chi connectivity index (χ4v) is 4.09. The zero-order chi connectivity index (χ0) is 20.3. The third kappa shape index (κ3) is 3.48. The Labute approximate surface area is 174 Å². The zero-order valence-electron chi connectivity index (χ0n) is 16.4. The van der Waals surface area contributed by atoms with Crippen LogP contribution in [0.5, 0.6) is 0 Å². The van der Waals surface area contributed by atoms with E-state index in [-0.39, 0.29) is 11.8 Å². The highest BCUT2D eigenvalue weighted by molar-refractivity contribution is 5.92. The summed E-state index contributed by atoms with van der Waals surface area (Å²) in [6, 6.07) is 17.7. The number of benzene rings is 1. The fraction of sp³-hybridized carbons (Fsp3) is 0.167. The first-order chi connectivity index (χ1) is 14.8. The molecule has 5 rings (SSSR count). The molecule has 1 aliphatic rings. The molecule has 1 unspecified atom stereocenters. The number of carbonyl (C=O) groups excluding carboxylic acids is 1. The molecular weight excluding hydrogens is 374 g/mol. The van der Waals surface area contributed by atoms with Gasteiger partial charge in [-0.15, -0.1) is 0 Å². The predicted octanol–water partition coefficient (Wildman–Crippen LogP) is 3.51. The molecule has 0 saturated carbocycles. The summed E-state index contributed by atoms with van der Waals surface area (Å²) < 4.78 is 2.15. The van der Waals surface area contributed by atoms with Crippen molar-refractivity contribution in [2.45, 2.75) is 19.0 Å². The molecule has 4 heterocycles. The molecule has 6 nitrogen and oxygen atoms in total. The standard InChI is InChI=1S/C24H21N5O/c30-24(22-9-3-4-11-26-22)29-16-19-7-1-2-8-20(19)21(17-29)23-27-12-13-28(23)15-18-6-5-10-25-14-18/h1-14,21H,15-17H2. The van der Waals surface area contributed by atoms with Crippen LogP contribution < -0.4 is 0 Å². The Morgan fingerprint density at radius 3 is 2.70 bits per heavy atom. The van der Waals surface area contributed by atoms with Gasteiger partial charge in [-0.3, -0.25) is 14.8 Å². The lowest BCUT2D eigenvalue weighted by Gasteiger charge is -2.34. The first-order valence-corrected chi connectivity index (χ1v) is 9.97. The molecule has 1 atom stereocenters. The van der Waals surface area contributed by atoms with Crippen molar-refractivity contribution in [3.05, 3.63) is 114 Å². The number of carbonyl (C=O) groups is 1. The average molecular weight is 395 g/mol. The Bertz CT molecular complexity index is 1160. The van der Waals surface area contributed by atoms with E-state index in [0.29, 0.717) is 25.3 Å². The number of hydrogen-bond donors (Lipinski definition) is 0. The van der Waals surface area contributed by atoms with Crippen LogP contribution >= 0.6 is 0 Å². The van der Waals surface area contributed by atoms with Crippen molar-refractivity contribution in [2.75, 3.05) is 6.54 Å². The lowest BCUT2D eigenvalue weighted by atomic mass is 9.88. The largest absolute Gasteiger partial charge is 0.332 e. The molecule has 1 aliphatic heterocycles. The van der Waals surface area contributed by atoms with Crippen LogP contribution in [0.15, 0.2) is 85.6 Å². The number of fused-ring (bicyclic) bond motifs is 1. The third-order valence-electron chi connectivity index (χ3n) is 5.50. The van der Waals surface area contributed by atoms with Crippen LogP contribution in [0, 0.1) is 0 Å². The number of hydrogen-bond acceptors (Lipinski definition) is 4. The molecule has 148 valence electrons. The molecule has 0 spiro atoms. The molecule has 1 amide bonds. The lowest BCUT2D eigenvalue weighted by Crippen LogP contribution is -2.39. The summed E-state index contributed by atoms with van der Waals surface area (Å²) in [7, 11) is 0. The van der Waals surface area contributed by atoms with E-state index in [1.54, 1.807) is 18.5 Å². The number of pyridine rings is 2. The van der Waals surface area contributed by atoms with Crippen molar-refractivity contribution in [3.8, 4) is 0 Å². The van der Waals surface area contributed by atoms with E-state index < -0.39 is 0 Å². The summed E-state index contributed by atoms with van der Waals surface area (Å²) in [5.74, 6) is 0.888. The highest BCUT2D eigenvalue weighted by atomic mass is 16.2. The number of aromatic nitrogens is 4. The van der Waals surface area contributed by atoms with E-state index in [2.05, 4.69) is 38.8 Å². The van der Waals surface area contributed by atoms with Gasteiger partial charge in [-0.25, -0.2) is 4.98 Å². The Morgan fingerprint density at radius 2 is 1.87 bits per heavy atom. The molecule has 0 fully saturated rings. The van der Waals surface area contributed by atoms with Gasteiger partial charge in [0.2, 0.25) is 0 Å². The molecule has 4 aromatic rings. The SMILES string of the molecule is O=C(c1ccccn1)N1Cc2ccccc2C(c2nccn2Cc2cccnc2)C1. The van der Waals surface area contributed by atoms with Gasteiger partial charge in [-0.2, -0.15) is 0 Å². The second-order valence-electron chi connectivity index (χ2n) is 7.43. The summed E-state index contributed by atoms with van der Waals surface area (Å²) in [6.45, 7) is 1.83. The molecule has 3 aromatic heterocycles. The smallest absolute Gasteiger partial charge is 0.272 e. The number of nitrogens with zero attached hydrogens (tertiary/aromatic N) is 5. The van der Waals surface area contributed by atoms with E-state index >= 15 is 0 Å². The van der Waals surface area contributed by atoms with Crippen LogP contribution in [0.25, 0.3) is 0 Å². The Morgan fingerprint density at radius 1 is 0.967 bits per heavy atom. The topological polar surface area (TPSA) is 63.9 Å². The molecule has 6 heteroatoms. The zero-order valence-corrected chi connectivity index (χ0v) is 16.4. The van der Waals surface area contributed by atoms with Crippen molar-refractivity contribution in [2.24, 2.45) is 0 Å². The molecule has 0 saturated heterocycles. The second kappa shape index (κ2) is 7.91. The molecule has 30 heavy (non-hydrogen) atoms. The van der Waals surface area contributed by atoms with Crippen LogP contribution in [-0.4, -0.2) is 36.9 Å². The van der Waals surface area contributed by atoms with Crippen LogP contribution in [0.3, 0.4) is 0 Å². The predicted molar refractivity (Wildman–Crippen MR) is 113 cm³/mol. The molecule has 0 aliphatic carbocycles. The van der Waals surface area contributed by atoms with Crippen molar-refractivity contribution >= 4 is 5.91 Å². The van der Waals surface area contributed by atoms with E-state index in [0.717, 1.165) is 17.0 Å². The minimum absolute atomic E-state index is 0.00529. The highest BCUT2D eigenvalue weighted by Crippen LogP contribution is 2.33. The van der Waals surface area contributed by atoms with Gasteiger partial charge in [-0.1, -0.05) is 36.4 Å². The summed E-state index contributed by atoms with van der Waals surface area (Å²) in [6.07, 6.45) is 9.12. The Hall–Kier alpha value is -3.80. The van der Waals surface area contributed by atoms with Crippen molar-refractivity contribution in [1.29, 1.82) is 0 Å². The van der Waals surface area contributed by atoms with Crippen molar-refractivity contribution in [3.63, 3.8) is 0 Å². The molecule has 0 bridgehead atoms. The maximum Gasteiger partial charge on any atom is 0.272 e. The van der Waals surface area contributed by atoms with E-state index in [9.17, 15) is 4.79 Å². The van der Waals surface area contributed by atoms with E-state index in [4.69, 9.17) is 4.98 Å². The van der Waals surface area contributed by atoms with Crippen LogP contribution in [0.4, 0.5) is 0 Å². The Balaban J connectivity index is 1.50. The lowest BCUT2D eigenvalue weighted by molar-refractivity contribution is 0.0717. The van der Waals surface area contributed by atoms with Gasteiger partial charge >= 0.3 is 0 Å². The monoisotopic (exact) mass is 395 g/mol. The quantitative estimate of drug-likeness (QED) is 0.530. The number of imidazole rings is 1. The maximum atomic E-state index is 13.1. The van der Waals surface area contributed by atoms with Gasteiger partial charge in [0.1, 0.15) is 11.5 Å². The molecule has 0 N–H and O–H groups in total. The normalized spacial score (nSPS) is 15.6. The van der Waals surface area contributed by atoms with Gasteiger partial charge in [0.15, 0.2) is 0 Å². The van der Waals surface area contributed by atoms with Gasteiger partial charge in [0.05, 0.1) is 12.5 Å². The minimum atomic E-state index is -0.0551. The molecule has 1 aromatic carbocycles. The fourth-order valence-electron chi connectivity index (χ4n) is 4.09. The summed E-state index contributed by atoms with van der Waals surface area (Å²) in [5, 5.41) is 0. The van der Waals surface area contributed by atoms with Gasteiger partial charge in [0, 0.05) is 44.1 Å². The van der Waals surface area contributed by atoms with Crippen LogP contribution in [-0.2, 0) is 13.1 Å². The number of rotatable bonds is 4. The van der Waals surface area contributed by atoms with E-state index in [1.807, 2.05) is 47.8 Å². The van der Waals surface area contributed by atoms with E-state index in [1.165, 1.54) is 5.56 Å². The number of amides is 1. The highest BCUT2D eigenvalue weighted by Gasteiger charge is 2.32. The summed E-state index contributed by atoms with van der Waals surface area (Å²) >= 11 is 0. The Kier molecular flexibility index (Phi) is 4.81. The average Bonchev–Trinajstić information content (AvgIpc) is 3.27. The molecular formula is C24H21N5O.